The number of hydrogen-bond donors (Lipinski definition) is 2. The zero-order valence-electron chi connectivity index (χ0n) is 10.6. The lowest BCUT2D eigenvalue weighted by atomic mass is 10.0. The van der Waals surface area contributed by atoms with Gasteiger partial charge in [-0.25, -0.2) is 0 Å². The number of aromatic carboxylic acids is 1. The van der Waals surface area contributed by atoms with E-state index in [2.05, 4.69) is 10.3 Å². The first-order chi connectivity index (χ1) is 9.86. The predicted octanol–water partition coefficient (Wildman–Crippen LogP) is 1.02. The normalized spacial score (nSPS) is 11.6. The molecule has 5 nitrogen and oxygen atoms in total. The van der Waals surface area contributed by atoms with Gasteiger partial charge < -0.3 is 20.3 Å². The van der Waals surface area contributed by atoms with Gasteiger partial charge in [0.15, 0.2) is 0 Å². The number of pyridine rings is 1. The van der Waals surface area contributed by atoms with Gasteiger partial charge in [-0.1, -0.05) is 12.1 Å². The van der Waals surface area contributed by atoms with Gasteiger partial charge in [-0.15, -0.1) is 0 Å². The molecule has 8 heteroatoms. The molecule has 0 bridgehead atoms. The van der Waals surface area contributed by atoms with E-state index in [9.17, 15) is 23.1 Å². The second kappa shape index (κ2) is 5.57. The van der Waals surface area contributed by atoms with E-state index in [4.69, 9.17) is 5.11 Å². The van der Waals surface area contributed by atoms with Crippen LogP contribution in [0.3, 0.4) is 0 Å². The average Bonchev–Trinajstić information content (AvgIpc) is 2.42. The van der Waals surface area contributed by atoms with Crippen LogP contribution in [0.25, 0.3) is 10.9 Å². The summed E-state index contributed by atoms with van der Waals surface area (Å²) in [6, 6.07) is 3.35. The second-order valence-electron chi connectivity index (χ2n) is 4.18. The van der Waals surface area contributed by atoms with E-state index in [1.807, 2.05) is 0 Å². The molecule has 1 heterocycles. The Hall–Kier alpha value is -2.35. The quantitative estimate of drug-likeness (QED) is 0.880. The monoisotopic (exact) mass is 299 g/mol. The van der Waals surface area contributed by atoms with E-state index < -0.39 is 17.7 Å². The summed E-state index contributed by atoms with van der Waals surface area (Å²) in [4.78, 5) is 14.6. The van der Waals surface area contributed by atoms with Crippen molar-refractivity contribution in [3.8, 4) is 0 Å². The smallest absolute Gasteiger partial charge is 0.418 e. The standard InChI is InChI=1S/C13H11F3N2O3/c14-13(15,16)9-3-1-2-7-10(17-4-5-19)8(12(20)21)6-18-11(7)9/h1-3,6,19H,4-5H2,(H,17,18)(H,20,21)/p-1. The van der Waals surface area contributed by atoms with E-state index in [-0.39, 0.29) is 35.3 Å². The van der Waals surface area contributed by atoms with Crippen LogP contribution < -0.4 is 10.4 Å². The Bertz CT molecular complexity index is 686. The van der Waals surface area contributed by atoms with Crippen molar-refractivity contribution in [2.75, 3.05) is 18.5 Å². The van der Waals surface area contributed by atoms with Crippen molar-refractivity contribution in [3.63, 3.8) is 0 Å². The summed E-state index contributed by atoms with van der Waals surface area (Å²) >= 11 is 0. The fraction of sp³-hybridized carbons (Fsp3) is 0.231. The molecule has 1 aromatic carbocycles. The maximum atomic E-state index is 12.9. The molecule has 0 aliphatic rings. The van der Waals surface area contributed by atoms with Crippen LogP contribution in [0, 0.1) is 0 Å². The first-order valence-electron chi connectivity index (χ1n) is 5.91. The highest BCUT2D eigenvalue weighted by Gasteiger charge is 2.33. The highest BCUT2D eigenvalue weighted by Crippen LogP contribution is 2.36. The van der Waals surface area contributed by atoms with Crippen molar-refractivity contribution in [1.29, 1.82) is 0 Å². The van der Waals surface area contributed by atoms with E-state index >= 15 is 0 Å². The van der Waals surface area contributed by atoms with E-state index in [1.165, 1.54) is 6.07 Å². The van der Waals surface area contributed by atoms with Crippen molar-refractivity contribution < 1.29 is 28.2 Å². The van der Waals surface area contributed by atoms with Gasteiger partial charge in [0.1, 0.15) is 0 Å². The van der Waals surface area contributed by atoms with Crippen LogP contribution in [0.4, 0.5) is 18.9 Å². The van der Waals surface area contributed by atoms with Crippen LogP contribution in [0.15, 0.2) is 24.4 Å². The van der Waals surface area contributed by atoms with Crippen LogP contribution in [-0.2, 0) is 6.18 Å². The minimum atomic E-state index is -4.61. The lowest BCUT2D eigenvalue weighted by Crippen LogP contribution is -2.24. The fourth-order valence-corrected chi connectivity index (χ4v) is 1.98. The van der Waals surface area contributed by atoms with Crippen molar-refractivity contribution in [2.24, 2.45) is 0 Å². The number of aromatic nitrogens is 1. The number of hydrogen-bond acceptors (Lipinski definition) is 5. The Balaban J connectivity index is 2.75. The number of aliphatic hydroxyl groups excluding tert-OH is 1. The van der Waals surface area contributed by atoms with Crippen molar-refractivity contribution in [3.05, 3.63) is 35.5 Å². The number of rotatable bonds is 4. The van der Waals surface area contributed by atoms with Gasteiger partial charge in [-0.2, -0.15) is 13.2 Å². The number of alkyl halides is 3. The molecule has 0 radical (unpaired) electrons. The number of nitrogens with zero attached hydrogens (tertiary/aromatic N) is 1. The van der Waals surface area contributed by atoms with Crippen LogP contribution in [0.5, 0.6) is 0 Å². The average molecular weight is 299 g/mol. The zero-order valence-corrected chi connectivity index (χ0v) is 10.6. The summed E-state index contributed by atoms with van der Waals surface area (Å²) in [5.41, 5.74) is -1.75. The molecular formula is C13H10F3N2O3-. The Morgan fingerprint density at radius 1 is 1.38 bits per heavy atom. The Morgan fingerprint density at radius 2 is 2.10 bits per heavy atom. The highest BCUT2D eigenvalue weighted by atomic mass is 19.4. The summed E-state index contributed by atoms with van der Waals surface area (Å²) < 4.78 is 38.8. The van der Waals surface area contributed by atoms with Crippen LogP contribution in [0.1, 0.15) is 15.9 Å². The molecule has 0 fully saturated rings. The van der Waals surface area contributed by atoms with Gasteiger partial charge in [-0.05, 0) is 6.07 Å². The maximum Gasteiger partial charge on any atom is 0.418 e. The molecule has 0 aliphatic heterocycles. The number of benzene rings is 1. The van der Waals surface area contributed by atoms with Gasteiger partial charge in [0.2, 0.25) is 0 Å². The number of para-hydroxylation sites is 1. The lowest BCUT2D eigenvalue weighted by Gasteiger charge is -2.17. The predicted molar refractivity (Wildman–Crippen MR) is 66.7 cm³/mol. The lowest BCUT2D eigenvalue weighted by molar-refractivity contribution is -0.254. The van der Waals surface area contributed by atoms with E-state index in [0.29, 0.717) is 0 Å². The number of fused-ring (bicyclic) bond motifs is 1. The molecule has 1 aromatic heterocycles. The Kier molecular flexibility index (Phi) is 3.99. The van der Waals surface area contributed by atoms with Crippen molar-refractivity contribution in [1.82, 2.24) is 4.98 Å². The van der Waals surface area contributed by atoms with E-state index in [0.717, 1.165) is 18.3 Å². The fourth-order valence-electron chi connectivity index (χ4n) is 1.98. The number of halogens is 3. The van der Waals surface area contributed by atoms with Crippen LogP contribution in [0.2, 0.25) is 0 Å². The largest absolute Gasteiger partial charge is 0.545 e. The third-order valence-corrected chi connectivity index (χ3v) is 2.84. The molecule has 2 aromatic rings. The molecule has 0 amide bonds. The molecule has 21 heavy (non-hydrogen) atoms. The minimum absolute atomic E-state index is 0.0000231. The zero-order chi connectivity index (χ0) is 15.6. The van der Waals surface area contributed by atoms with Crippen molar-refractivity contribution >= 4 is 22.6 Å². The summed E-state index contributed by atoms with van der Waals surface area (Å²) in [7, 11) is 0. The van der Waals surface area contributed by atoms with Crippen molar-refractivity contribution in [2.45, 2.75) is 6.18 Å². The van der Waals surface area contributed by atoms with Gasteiger partial charge in [0, 0.05) is 23.7 Å². The Labute approximate surface area is 117 Å². The third-order valence-electron chi connectivity index (χ3n) is 2.84. The molecule has 112 valence electrons. The molecule has 0 atom stereocenters. The number of anilines is 1. The molecule has 2 N–H and O–H groups in total. The number of aliphatic hydroxyl groups is 1. The first-order valence-corrected chi connectivity index (χ1v) is 5.91. The maximum absolute atomic E-state index is 12.9. The summed E-state index contributed by atoms with van der Waals surface area (Å²) in [6.07, 6.45) is -3.80. The van der Waals surface area contributed by atoms with Gasteiger partial charge in [0.25, 0.3) is 0 Å². The number of nitrogens with one attached hydrogen (secondary N) is 1. The molecular weight excluding hydrogens is 289 g/mol. The van der Waals surface area contributed by atoms with Gasteiger partial charge in [0.05, 0.1) is 29.3 Å². The third kappa shape index (κ3) is 2.89. The molecule has 0 saturated heterocycles. The number of carboxylic acids is 1. The molecule has 0 unspecified atom stereocenters. The first kappa shape index (κ1) is 15.0. The number of carbonyl (C=O) groups is 1. The molecule has 2 rings (SSSR count). The molecule has 0 spiro atoms. The summed E-state index contributed by atoms with van der Waals surface area (Å²) in [5, 5.41) is 22.4. The number of carboxylic acid groups (broad SMARTS) is 1. The Morgan fingerprint density at radius 3 is 2.67 bits per heavy atom. The summed E-state index contributed by atoms with van der Waals surface area (Å²) in [5.74, 6) is -1.57. The second-order valence-corrected chi connectivity index (χ2v) is 4.18. The number of carbonyl (C=O) groups excluding carboxylic acids is 1. The minimum Gasteiger partial charge on any atom is -0.545 e. The van der Waals surface area contributed by atoms with E-state index in [1.54, 1.807) is 0 Å². The van der Waals surface area contributed by atoms with Gasteiger partial charge >= 0.3 is 6.18 Å². The topological polar surface area (TPSA) is 85.3 Å². The highest BCUT2D eigenvalue weighted by molar-refractivity contribution is 6.04. The van der Waals surface area contributed by atoms with Crippen LogP contribution >= 0.6 is 0 Å². The SMILES string of the molecule is O=C([O-])c1cnc2c(C(F)(F)F)cccc2c1NCCO. The molecule has 0 saturated carbocycles. The van der Waals surface area contributed by atoms with Crippen LogP contribution in [-0.4, -0.2) is 29.2 Å². The molecule has 0 aliphatic carbocycles. The van der Waals surface area contributed by atoms with Gasteiger partial charge in [-0.3, -0.25) is 4.98 Å². The summed E-state index contributed by atoms with van der Waals surface area (Å²) in [6.45, 7) is -0.328.